The van der Waals surface area contributed by atoms with E-state index in [1.807, 2.05) is 0 Å². The number of halogens is 1. The number of phenolic OH excluding ortho intramolecular Hbond substituents is 1. The van der Waals surface area contributed by atoms with Crippen LogP contribution in [0.2, 0.25) is 0 Å². The largest absolute Gasteiger partial charge is 0.507 e. The minimum Gasteiger partial charge on any atom is -0.507 e. The molecule has 1 rings (SSSR count). The highest BCUT2D eigenvalue weighted by Crippen LogP contribution is 2.12. The van der Waals surface area contributed by atoms with Gasteiger partial charge in [0, 0.05) is 17.3 Å². The summed E-state index contributed by atoms with van der Waals surface area (Å²) in [5.74, 6) is 0.187. The number of hydrogen-bond acceptors (Lipinski definition) is 2. The van der Waals surface area contributed by atoms with Gasteiger partial charge in [-0.3, -0.25) is 0 Å². The molecule has 0 saturated carbocycles. The van der Waals surface area contributed by atoms with Gasteiger partial charge in [0.05, 0.1) is 6.21 Å². The Bertz CT molecular complexity index is 247. The SMILES string of the molecule is Oc1ccccc1/C=N/Cl. The fourth-order valence-corrected chi connectivity index (χ4v) is 0.754. The van der Waals surface area contributed by atoms with Crippen molar-refractivity contribution >= 4 is 18.0 Å². The Hall–Kier alpha value is -1.02. The number of benzene rings is 1. The summed E-state index contributed by atoms with van der Waals surface area (Å²) >= 11 is 5.07. The van der Waals surface area contributed by atoms with Crippen molar-refractivity contribution in [2.24, 2.45) is 4.51 Å². The Labute approximate surface area is 63.9 Å². The van der Waals surface area contributed by atoms with E-state index >= 15 is 0 Å². The van der Waals surface area contributed by atoms with Crippen LogP contribution >= 0.6 is 11.8 Å². The zero-order valence-electron chi connectivity index (χ0n) is 5.16. The van der Waals surface area contributed by atoms with Crippen molar-refractivity contribution in [2.75, 3.05) is 0 Å². The molecule has 2 nitrogen and oxygen atoms in total. The highest BCUT2D eigenvalue weighted by molar-refractivity contribution is 6.18. The van der Waals surface area contributed by atoms with Gasteiger partial charge in [0.25, 0.3) is 0 Å². The molecule has 3 heteroatoms. The van der Waals surface area contributed by atoms with Crippen LogP contribution in [0.3, 0.4) is 0 Å². The van der Waals surface area contributed by atoms with Crippen molar-refractivity contribution in [3.63, 3.8) is 0 Å². The third-order valence-electron chi connectivity index (χ3n) is 1.12. The van der Waals surface area contributed by atoms with Crippen molar-refractivity contribution in [2.45, 2.75) is 0 Å². The molecule has 0 radical (unpaired) electrons. The third-order valence-corrected chi connectivity index (χ3v) is 1.22. The van der Waals surface area contributed by atoms with Crippen LogP contribution in [0.4, 0.5) is 0 Å². The first-order valence-corrected chi connectivity index (χ1v) is 3.10. The van der Waals surface area contributed by atoms with E-state index in [9.17, 15) is 0 Å². The maximum absolute atomic E-state index is 9.09. The smallest absolute Gasteiger partial charge is 0.124 e. The van der Waals surface area contributed by atoms with Gasteiger partial charge in [0.2, 0.25) is 0 Å². The molecule has 0 spiro atoms. The second-order valence-electron chi connectivity index (χ2n) is 1.79. The molecule has 0 unspecified atom stereocenters. The first-order valence-electron chi connectivity index (χ1n) is 2.77. The highest BCUT2D eigenvalue weighted by atomic mass is 35.5. The number of rotatable bonds is 1. The lowest BCUT2D eigenvalue weighted by molar-refractivity contribution is 0.474. The van der Waals surface area contributed by atoms with Crippen LogP contribution in [0.5, 0.6) is 5.75 Å². The molecular formula is C7H6ClNO. The average Bonchev–Trinajstić information content (AvgIpc) is 1.94. The predicted molar refractivity (Wildman–Crippen MR) is 41.6 cm³/mol. The molecule has 1 N–H and O–H groups in total. The molecule has 10 heavy (non-hydrogen) atoms. The molecule has 0 amide bonds. The van der Waals surface area contributed by atoms with Crippen molar-refractivity contribution < 1.29 is 5.11 Å². The van der Waals surface area contributed by atoms with Crippen molar-refractivity contribution in [3.05, 3.63) is 29.8 Å². The summed E-state index contributed by atoms with van der Waals surface area (Å²) in [6.07, 6.45) is 1.39. The third kappa shape index (κ3) is 1.48. The quantitative estimate of drug-likeness (QED) is 0.618. The zero-order chi connectivity index (χ0) is 7.40. The summed E-state index contributed by atoms with van der Waals surface area (Å²) in [6.45, 7) is 0. The van der Waals surface area contributed by atoms with Crippen molar-refractivity contribution in [1.29, 1.82) is 0 Å². The van der Waals surface area contributed by atoms with Gasteiger partial charge in [-0.2, -0.15) is 4.51 Å². The van der Waals surface area contributed by atoms with Crippen LogP contribution in [0.25, 0.3) is 0 Å². The van der Waals surface area contributed by atoms with Crippen LogP contribution in [0, 0.1) is 0 Å². The number of phenols is 1. The van der Waals surface area contributed by atoms with E-state index in [1.54, 1.807) is 24.3 Å². The van der Waals surface area contributed by atoms with E-state index in [0.717, 1.165) is 0 Å². The van der Waals surface area contributed by atoms with E-state index in [1.165, 1.54) is 6.21 Å². The van der Waals surface area contributed by atoms with Gasteiger partial charge in [-0.25, -0.2) is 0 Å². The monoisotopic (exact) mass is 155 g/mol. The summed E-state index contributed by atoms with van der Waals surface area (Å²) in [6, 6.07) is 6.84. The van der Waals surface area contributed by atoms with E-state index in [4.69, 9.17) is 16.9 Å². The highest BCUT2D eigenvalue weighted by Gasteiger charge is 1.92. The van der Waals surface area contributed by atoms with Gasteiger partial charge in [0.1, 0.15) is 5.75 Å². The Balaban J connectivity index is 3.03. The molecule has 0 atom stereocenters. The van der Waals surface area contributed by atoms with Crippen LogP contribution in [0.15, 0.2) is 28.8 Å². The van der Waals surface area contributed by atoms with Crippen molar-refractivity contribution in [1.82, 2.24) is 0 Å². The lowest BCUT2D eigenvalue weighted by Gasteiger charge is -1.93. The summed E-state index contributed by atoms with van der Waals surface area (Å²) in [5, 5.41) is 9.09. The molecule has 0 heterocycles. The maximum atomic E-state index is 9.09. The van der Waals surface area contributed by atoms with Crippen LogP contribution in [-0.2, 0) is 0 Å². The molecule has 0 fully saturated rings. The van der Waals surface area contributed by atoms with E-state index < -0.39 is 0 Å². The van der Waals surface area contributed by atoms with Gasteiger partial charge in [-0.05, 0) is 12.1 Å². The molecule has 0 aromatic heterocycles. The molecule has 0 saturated heterocycles. The molecule has 0 aliphatic carbocycles. The molecule has 0 bridgehead atoms. The molecule has 1 aromatic rings. The minimum absolute atomic E-state index is 0.187. The van der Waals surface area contributed by atoms with E-state index in [2.05, 4.69) is 4.51 Å². The standard InChI is InChI=1S/C7H6ClNO/c8-9-5-6-3-1-2-4-7(6)10/h1-5,10H/b9-5+. The molecule has 1 aromatic carbocycles. The summed E-state index contributed by atoms with van der Waals surface area (Å²) in [7, 11) is 0. The summed E-state index contributed by atoms with van der Waals surface area (Å²) in [4.78, 5) is 0. The Kier molecular flexibility index (Phi) is 2.29. The number of hydrogen-bond donors (Lipinski definition) is 1. The topological polar surface area (TPSA) is 32.6 Å². The first-order chi connectivity index (χ1) is 4.84. The lowest BCUT2D eigenvalue weighted by Crippen LogP contribution is -1.78. The molecule has 0 aliphatic heterocycles. The zero-order valence-corrected chi connectivity index (χ0v) is 5.92. The lowest BCUT2D eigenvalue weighted by atomic mass is 10.2. The fourth-order valence-electron chi connectivity index (χ4n) is 0.649. The van der Waals surface area contributed by atoms with E-state index in [-0.39, 0.29) is 5.75 Å². The second-order valence-corrected chi connectivity index (χ2v) is 1.98. The van der Waals surface area contributed by atoms with Crippen molar-refractivity contribution in [3.8, 4) is 5.75 Å². The Morgan fingerprint density at radius 1 is 1.40 bits per heavy atom. The Morgan fingerprint density at radius 3 is 2.70 bits per heavy atom. The second kappa shape index (κ2) is 3.22. The number of para-hydroxylation sites is 1. The predicted octanol–water partition coefficient (Wildman–Crippen LogP) is 1.96. The average molecular weight is 156 g/mol. The minimum atomic E-state index is 0.187. The Morgan fingerprint density at radius 2 is 2.10 bits per heavy atom. The normalized spacial score (nSPS) is 10.5. The number of aromatic hydroxyl groups is 1. The van der Waals surface area contributed by atoms with Gasteiger partial charge in [-0.1, -0.05) is 12.1 Å². The number of nitrogens with zero attached hydrogens (tertiary/aromatic N) is 1. The first kappa shape index (κ1) is 7.09. The fraction of sp³-hybridized carbons (Fsp3) is 0. The van der Waals surface area contributed by atoms with Gasteiger partial charge < -0.3 is 5.11 Å². The van der Waals surface area contributed by atoms with Crippen LogP contribution in [0.1, 0.15) is 5.56 Å². The summed E-state index contributed by atoms with van der Waals surface area (Å²) < 4.78 is 3.25. The van der Waals surface area contributed by atoms with Crippen LogP contribution in [-0.4, -0.2) is 11.3 Å². The van der Waals surface area contributed by atoms with Crippen LogP contribution < -0.4 is 0 Å². The molecule has 52 valence electrons. The molecule has 0 aliphatic rings. The van der Waals surface area contributed by atoms with Gasteiger partial charge in [0.15, 0.2) is 0 Å². The van der Waals surface area contributed by atoms with Gasteiger partial charge in [-0.15, -0.1) is 0 Å². The maximum Gasteiger partial charge on any atom is 0.124 e. The summed E-state index contributed by atoms with van der Waals surface area (Å²) in [5.41, 5.74) is 0.623. The van der Waals surface area contributed by atoms with E-state index in [0.29, 0.717) is 5.56 Å². The van der Waals surface area contributed by atoms with Gasteiger partial charge >= 0.3 is 0 Å². The molecular weight excluding hydrogens is 150 g/mol.